The Morgan fingerprint density at radius 1 is 0.964 bits per heavy atom. The Morgan fingerprint density at radius 3 is 2.43 bits per heavy atom. The van der Waals surface area contributed by atoms with E-state index in [9.17, 15) is 8.42 Å². The van der Waals surface area contributed by atoms with Gasteiger partial charge < -0.3 is 10.1 Å². The summed E-state index contributed by atoms with van der Waals surface area (Å²) in [4.78, 5) is 4.19. The molecule has 28 heavy (non-hydrogen) atoms. The number of aromatic nitrogens is 1. The molecule has 2 N–H and O–H groups in total. The van der Waals surface area contributed by atoms with Gasteiger partial charge in [0.1, 0.15) is 11.6 Å². The molecule has 7 heteroatoms. The highest BCUT2D eigenvalue weighted by Crippen LogP contribution is 2.27. The summed E-state index contributed by atoms with van der Waals surface area (Å²) in [6, 6.07) is 20.8. The number of methoxy groups -OCH3 is 1. The van der Waals surface area contributed by atoms with Gasteiger partial charge >= 0.3 is 0 Å². The van der Waals surface area contributed by atoms with Crippen LogP contribution in [-0.4, -0.2) is 26.3 Å². The molecule has 0 unspecified atom stereocenters. The van der Waals surface area contributed by atoms with Gasteiger partial charge in [-0.3, -0.25) is 4.72 Å². The minimum Gasteiger partial charge on any atom is -0.495 e. The van der Waals surface area contributed by atoms with Gasteiger partial charge in [-0.15, -0.1) is 0 Å². The highest BCUT2D eigenvalue weighted by molar-refractivity contribution is 7.92. The van der Waals surface area contributed by atoms with E-state index in [1.54, 1.807) is 25.4 Å². The van der Waals surface area contributed by atoms with E-state index >= 15 is 0 Å². The molecule has 0 bridgehead atoms. The molecule has 3 rings (SSSR count). The van der Waals surface area contributed by atoms with Crippen LogP contribution in [0.1, 0.15) is 12.0 Å². The molecule has 0 saturated carbocycles. The lowest BCUT2D eigenvalue weighted by molar-refractivity contribution is 0.417. The van der Waals surface area contributed by atoms with Crippen molar-refractivity contribution in [3.05, 3.63) is 78.5 Å². The number of ether oxygens (including phenoxy) is 1. The molecule has 0 aliphatic rings. The predicted molar refractivity (Wildman–Crippen MR) is 113 cm³/mol. The van der Waals surface area contributed by atoms with Gasteiger partial charge in [-0.1, -0.05) is 42.5 Å². The fourth-order valence-electron chi connectivity index (χ4n) is 2.75. The number of benzene rings is 2. The minimum atomic E-state index is -3.44. The number of hydrogen-bond acceptors (Lipinski definition) is 5. The molecule has 0 spiro atoms. The van der Waals surface area contributed by atoms with Crippen LogP contribution in [0, 0.1) is 0 Å². The normalized spacial score (nSPS) is 11.0. The van der Waals surface area contributed by atoms with Crippen LogP contribution in [0.4, 0.5) is 17.2 Å². The molecule has 146 valence electrons. The van der Waals surface area contributed by atoms with E-state index in [1.165, 1.54) is 0 Å². The number of hydrogen-bond donors (Lipinski definition) is 2. The number of rotatable bonds is 9. The lowest BCUT2D eigenvalue weighted by atomic mass is 10.1. The molecule has 0 aliphatic heterocycles. The molecular formula is C21H23N3O3S. The Morgan fingerprint density at radius 2 is 1.71 bits per heavy atom. The van der Waals surface area contributed by atoms with Crippen LogP contribution >= 0.6 is 0 Å². The number of sulfonamides is 1. The number of anilines is 3. The van der Waals surface area contributed by atoms with Crippen LogP contribution in [0.3, 0.4) is 0 Å². The average molecular weight is 398 g/mol. The molecule has 1 aromatic heterocycles. The van der Waals surface area contributed by atoms with Crippen molar-refractivity contribution in [3.8, 4) is 5.75 Å². The molecule has 2 aromatic carbocycles. The van der Waals surface area contributed by atoms with E-state index in [4.69, 9.17) is 4.74 Å². The van der Waals surface area contributed by atoms with E-state index in [0.29, 0.717) is 18.0 Å². The fraction of sp³-hybridized carbons (Fsp3) is 0.190. The van der Waals surface area contributed by atoms with Crippen molar-refractivity contribution < 1.29 is 13.2 Å². The first-order valence-corrected chi connectivity index (χ1v) is 10.6. The van der Waals surface area contributed by atoms with Crippen molar-refractivity contribution in [2.75, 3.05) is 22.9 Å². The summed E-state index contributed by atoms with van der Waals surface area (Å²) in [6.07, 6.45) is 2.85. The van der Waals surface area contributed by atoms with Crippen molar-refractivity contribution in [3.63, 3.8) is 0 Å². The minimum absolute atomic E-state index is 0.0464. The van der Waals surface area contributed by atoms with Gasteiger partial charge in [-0.05, 0) is 42.7 Å². The molecule has 3 aromatic rings. The van der Waals surface area contributed by atoms with Crippen molar-refractivity contribution in [2.45, 2.75) is 12.8 Å². The maximum absolute atomic E-state index is 12.3. The SMILES string of the molecule is COc1ccccc1Nc1ccc(NS(=O)(=O)CCCc2ccccc2)nc1. The van der Waals surface area contributed by atoms with E-state index in [2.05, 4.69) is 15.0 Å². The van der Waals surface area contributed by atoms with Crippen LogP contribution in [0.25, 0.3) is 0 Å². The van der Waals surface area contributed by atoms with E-state index in [-0.39, 0.29) is 5.75 Å². The van der Waals surface area contributed by atoms with Gasteiger partial charge in [0.15, 0.2) is 0 Å². The van der Waals surface area contributed by atoms with Crippen LogP contribution in [0.2, 0.25) is 0 Å². The maximum atomic E-state index is 12.3. The van der Waals surface area contributed by atoms with Crippen LogP contribution < -0.4 is 14.8 Å². The van der Waals surface area contributed by atoms with Crippen molar-refractivity contribution in [2.24, 2.45) is 0 Å². The maximum Gasteiger partial charge on any atom is 0.233 e. The number of pyridine rings is 1. The van der Waals surface area contributed by atoms with Crippen LogP contribution in [0.5, 0.6) is 5.75 Å². The molecule has 0 atom stereocenters. The van der Waals surface area contributed by atoms with Crippen molar-refractivity contribution in [1.82, 2.24) is 4.98 Å². The average Bonchev–Trinajstić information content (AvgIpc) is 2.70. The Balaban J connectivity index is 1.55. The molecule has 0 saturated heterocycles. The monoisotopic (exact) mass is 397 g/mol. The summed E-state index contributed by atoms with van der Waals surface area (Å²) < 4.78 is 32.4. The fourth-order valence-corrected chi connectivity index (χ4v) is 3.82. The second-order valence-electron chi connectivity index (χ2n) is 6.27. The van der Waals surface area contributed by atoms with E-state index in [0.717, 1.165) is 23.4 Å². The Hall–Kier alpha value is -3.06. The van der Waals surface area contributed by atoms with E-state index < -0.39 is 10.0 Å². The molecular weight excluding hydrogens is 374 g/mol. The van der Waals surface area contributed by atoms with Crippen LogP contribution in [-0.2, 0) is 16.4 Å². The third kappa shape index (κ3) is 5.72. The van der Waals surface area contributed by atoms with Gasteiger partial charge in [-0.2, -0.15) is 0 Å². The van der Waals surface area contributed by atoms with Gasteiger partial charge in [0.2, 0.25) is 10.0 Å². The lowest BCUT2D eigenvalue weighted by Crippen LogP contribution is -2.17. The Bertz CT molecular complexity index is 991. The second kappa shape index (κ2) is 9.23. The van der Waals surface area contributed by atoms with Gasteiger partial charge in [0, 0.05) is 0 Å². The third-order valence-electron chi connectivity index (χ3n) is 4.13. The molecule has 0 fully saturated rings. The Labute approximate surface area is 165 Å². The predicted octanol–water partition coefficient (Wildman–Crippen LogP) is 4.21. The summed E-state index contributed by atoms with van der Waals surface area (Å²) in [5.41, 5.74) is 2.67. The standard InChI is InChI=1S/C21H23N3O3S/c1-27-20-12-6-5-11-19(20)23-18-13-14-21(22-16-18)24-28(25,26)15-7-10-17-8-3-2-4-9-17/h2-6,8-9,11-14,16,23H,7,10,15H2,1H3,(H,22,24). The van der Waals surface area contributed by atoms with E-state index in [1.807, 2.05) is 54.6 Å². The zero-order chi connectivity index (χ0) is 19.8. The largest absolute Gasteiger partial charge is 0.495 e. The van der Waals surface area contributed by atoms with Gasteiger partial charge in [-0.25, -0.2) is 13.4 Å². The third-order valence-corrected chi connectivity index (χ3v) is 5.48. The molecule has 0 aliphatic carbocycles. The quantitative estimate of drug-likeness (QED) is 0.565. The summed E-state index contributed by atoms with van der Waals surface area (Å²) in [6.45, 7) is 0. The first kappa shape index (κ1) is 19.7. The highest BCUT2D eigenvalue weighted by atomic mass is 32.2. The number of nitrogens with one attached hydrogen (secondary N) is 2. The summed E-state index contributed by atoms with van der Waals surface area (Å²) >= 11 is 0. The molecule has 1 heterocycles. The number of nitrogens with zero attached hydrogens (tertiary/aromatic N) is 1. The van der Waals surface area contributed by atoms with Gasteiger partial charge in [0.25, 0.3) is 0 Å². The highest BCUT2D eigenvalue weighted by Gasteiger charge is 2.11. The van der Waals surface area contributed by atoms with Crippen LogP contribution in [0.15, 0.2) is 72.9 Å². The van der Waals surface area contributed by atoms with Gasteiger partial charge in [0.05, 0.1) is 30.4 Å². The summed E-state index contributed by atoms with van der Waals surface area (Å²) in [7, 11) is -1.83. The van der Waals surface area contributed by atoms with Crippen molar-refractivity contribution in [1.29, 1.82) is 0 Å². The first-order valence-electron chi connectivity index (χ1n) is 8.96. The second-order valence-corrected chi connectivity index (χ2v) is 8.11. The number of para-hydroxylation sites is 2. The Kier molecular flexibility index (Phi) is 6.49. The summed E-state index contributed by atoms with van der Waals surface area (Å²) in [5, 5.41) is 3.20. The summed E-state index contributed by atoms with van der Waals surface area (Å²) in [5.74, 6) is 1.06. The van der Waals surface area contributed by atoms with Crippen molar-refractivity contribution >= 4 is 27.2 Å². The number of aryl methyl sites for hydroxylation is 1. The molecule has 0 amide bonds. The topological polar surface area (TPSA) is 80.3 Å². The lowest BCUT2D eigenvalue weighted by Gasteiger charge is -2.11. The zero-order valence-electron chi connectivity index (χ0n) is 15.6. The molecule has 0 radical (unpaired) electrons. The zero-order valence-corrected chi connectivity index (χ0v) is 16.4. The first-order chi connectivity index (χ1) is 13.6. The smallest absolute Gasteiger partial charge is 0.233 e. The molecule has 6 nitrogen and oxygen atoms in total.